The first-order chi connectivity index (χ1) is 10.8. The van der Waals surface area contributed by atoms with Crippen LogP contribution >= 0.6 is 0 Å². The maximum atomic E-state index is 6.27. The lowest BCUT2D eigenvalue weighted by molar-refractivity contribution is 0.765. The van der Waals surface area contributed by atoms with Gasteiger partial charge in [0.25, 0.3) is 0 Å². The molecule has 110 valence electrons. The number of nitrogens with two attached hydrogens (primary N) is 1. The van der Waals surface area contributed by atoms with E-state index in [2.05, 4.69) is 59.9 Å². The van der Waals surface area contributed by atoms with Crippen LogP contribution in [-0.2, 0) is 0 Å². The molecular formula is C20H20N2. The Balaban J connectivity index is 1.76. The average molecular weight is 288 g/mol. The monoisotopic (exact) mass is 288 g/mol. The molecule has 0 saturated carbocycles. The molecule has 1 atom stereocenters. The molecule has 0 saturated heterocycles. The number of anilines is 1. The van der Waals surface area contributed by atoms with E-state index in [1.165, 1.54) is 11.1 Å². The van der Waals surface area contributed by atoms with E-state index in [1.54, 1.807) is 0 Å². The van der Waals surface area contributed by atoms with Crippen molar-refractivity contribution >= 4 is 5.69 Å². The van der Waals surface area contributed by atoms with Gasteiger partial charge < -0.3 is 11.1 Å². The van der Waals surface area contributed by atoms with Gasteiger partial charge >= 0.3 is 0 Å². The summed E-state index contributed by atoms with van der Waals surface area (Å²) in [5.41, 5.74) is 10.9. The Labute approximate surface area is 131 Å². The Morgan fingerprint density at radius 1 is 0.727 bits per heavy atom. The van der Waals surface area contributed by atoms with Gasteiger partial charge in [-0.15, -0.1) is 0 Å². The summed E-state index contributed by atoms with van der Waals surface area (Å²) in [5.74, 6) is 0. The molecule has 0 spiro atoms. The van der Waals surface area contributed by atoms with Gasteiger partial charge in [-0.25, -0.2) is 0 Å². The molecule has 3 N–H and O–H groups in total. The van der Waals surface area contributed by atoms with Crippen molar-refractivity contribution < 1.29 is 0 Å². The zero-order chi connectivity index (χ0) is 15.2. The zero-order valence-corrected chi connectivity index (χ0v) is 12.4. The van der Waals surface area contributed by atoms with E-state index in [0.717, 1.165) is 11.3 Å². The highest BCUT2D eigenvalue weighted by atomic mass is 14.9. The topological polar surface area (TPSA) is 38.0 Å². The van der Waals surface area contributed by atoms with Crippen LogP contribution in [0.15, 0.2) is 84.9 Å². The van der Waals surface area contributed by atoms with Gasteiger partial charge in [0, 0.05) is 23.8 Å². The molecule has 0 aliphatic heterocycles. The summed E-state index contributed by atoms with van der Waals surface area (Å²) in [7, 11) is 0. The minimum atomic E-state index is -0.0231. The van der Waals surface area contributed by atoms with Crippen LogP contribution in [0.1, 0.15) is 11.6 Å². The van der Waals surface area contributed by atoms with Crippen LogP contribution in [0, 0.1) is 0 Å². The van der Waals surface area contributed by atoms with E-state index in [-0.39, 0.29) is 6.04 Å². The Hall–Kier alpha value is -2.58. The second kappa shape index (κ2) is 6.92. The van der Waals surface area contributed by atoms with E-state index >= 15 is 0 Å². The molecule has 0 aliphatic rings. The summed E-state index contributed by atoms with van der Waals surface area (Å²) in [4.78, 5) is 0. The highest BCUT2D eigenvalue weighted by Crippen LogP contribution is 2.27. The molecule has 0 aliphatic carbocycles. The molecule has 1 unspecified atom stereocenters. The number of hydrogen-bond acceptors (Lipinski definition) is 2. The lowest BCUT2D eigenvalue weighted by atomic mass is 10.0. The van der Waals surface area contributed by atoms with Crippen molar-refractivity contribution in [1.29, 1.82) is 0 Å². The van der Waals surface area contributed by atoms with Crippen LogP contribution in [0.2, 0.25) is 0 Å². The second-order valence-corrected chi connectivity index (χ2v) is 5.31. The first-order valence-electron chi connectivity index (χ1n) is 7.53. The number of nitrogens with one attached hydrogen (secondary N) is 1. The van der Waals surface area contributed by atoms with Crippen LogP contribution in [0.5, 0.6) is 0 Å². The molecule has 3 aromatic carbocycles. The van der Waals surface area contributed by atoms with E-state index < -0.39 is 0 Å². The van der Waals surface area contributed by atoms with Crippen molar-refractivity contribution in [3.63, 3.8) is 0 Å². The summed E-state index contributed by atoms with van der Waals surface area (Å²) in [6.45, 7) is 0.702. The molecule has 2 heteroatoms. The summed E-state index contributed by atoms with van der Waals surface area (Å²) in [6, 6.07) is 28.9. The van der Waals surface area contributed by atoms with Gasteiger partial charge in [0.1, 0.15) is 0 Å². The van der Waals surface area contributed by atoms with E-state index in [1.807, 2.05) is 30.3 Å². The maximum absolute atomic E-state index is 6.27. The van der Waals surface area contributed by atoms with Gasteiger partial charge in [-0.05, 0) is 17.2 Å². The Morgan fingerprint density at radius 2 is 1.32 bits per heavy atom. The first-order valence-corrected chi connectivity index (χ1v) is 7.53. The molecule has 3 rings (SSSR count). The fraction of sp³-hybridized carbons (Fsp3) is 0.100. The smallest absolute Gasteiger partial charge is 0.0470 e. The lowest BCUT2D eigenvalue weighted by Gasteiger charge is -2.16. The molecule has 22 heavy (non-hydrogen) atoms. The normalized spacial score (nSPS) is 11.9. The van der Waals surface area contributed by atoms with Gasteiger partial charge in [-0.2, -0.15) is 0 Å². The number of para-hydroxylation sites is 1. The number of benzene rings is 3. The minimum absolute atomic E-state index is 0.0231. The summed E-state index contributed by atoms with van der Waals surface area (Å²) < 4.78 is 0. The molecular weight excluding hydrogens is 268 g/mol. The molecule has 2 nitrogen and oxygen atoms in total. The SMILES string of the molecule is NC(CNc1ccccc1-c1ccccc1)c1ccccc1. The Bertz CT molecular complexity index is 708. The molecule has 0 radical (unpaired) electrons. The minimum Gasteiger partial charge on any atom is -0.383 e. The third kappa shape index (κ3) is 3.35. The van der Waals surface area contributed by atoms with Crippen molar-refractivity contribution in [3.8, 4) is 11.1 Å². The van der Waals surface area contributed by atoms with E-state index in [9.17, 15) is 0 Å². The van der Waals surface area contributed by atoms with Gasteiger partial charge in [0.2, 0.25) is 0 Å². The summed E-state index contributed by atoms with van der Waals surface area (Å²) in [6.07, 6.45) is 0. The van der Waals surface area contributed by atoms with Crippen LogP contribution < -0.4 is 11.1 Å². The van der Waals surface area contributed by atoms with Crippen LogP contribution in [0.25, 0.3) is 11.1 Å². The Morgan fingerprint density at radius 3 is 2.05 bits per heavy atom. The largest absolute Gasteiger partial charge is 0.383 e. The third-order valence-electron chi connectivity index (χ3n) is 3.75. The predicted molar refractivity (Wildman–Crippen MR) is 93.7 cm³/mol. The summed E-state index contributed by atoms with van der Waals surface area (Å²) in [5, 5.41) is 3.48. The van der Waals surface area contributed by atoms with Gasteiger partial charge in [0.15, 0.2) is 0 Å². The lowest BCUT2D eigenvalue weighted by Crippen LogP contribution is -2.20. The predicted octanol–water partition coefficient (Wildman–Crippen LogP) is 4.47. The highest BCUT2D eigenvalue weighted by molar-refractivity contribution is 5.77. The van der Waals surface area contributed by atoms with Crippen molar-refractivity contribution in [2.75, 3.05) is 11.9 Å². The fourth-order valence-corrected chi connectivity index (χ4v) is 2.54. The van der Waals surface area contributed by atoms with Gasteiger partial charge in [-0.1, -0.05) is 78.9 Å². The zero-order valence-electron chi connectivity index (χ0n) is 12.4. The number of hydrogen-bond donors (Lipinski definition) is 2. The van der Waals surface area contributed by atoms with Crippen LogP contribution in [0.4, 0.5) is 5.69 Å². The molecule has 0 heterocycles. The van der Waals surface area contributed by atoms with E-state index in [0.29, 0.717) is 6.54 Å². The first kappa shape index (κ1) is 14.4. The van der Waals surface area contributed by atoms with Crippen LogP contribution in [0.3, 0.4) is 0 Å². The quantitative estimate of drug-likeness (QED) is 0.727. The van der Waals surface area contributed by atoms with Crippen LogP contribution in [-0.4, -0.2) is 6.54 Å². The molecule has 0 amide bonds. The van der Waals surface area contributed by atoms with Crippen molar-refractivity contribution in [3.05, 3.63) is 90.5 Å². The molecule has 0 fully saturated rings. The highest BCUT2D eigenvalue weighted by Gasteiger charge is 2.07. The van der Waals surface area contributed by atoms with Gasteiger partial charge in [0.05, 0.1) is 0 Å². The molecule has 0 aromatic heterocycles. The van der Waals surface area contributed by atoms with Gasteiger partial charge in [-0.3, -0.25) is 0 Å². The summed E-state index contributed by atoms with van der Waals surface area (Å²) >= 11 is 0. The van der Waals surface area contributed by atoms with Crippen molar-refractivity contribution in [2.24, 2.45) is 5.73 Å². The third-order valence-corrected chi connectivity index (χ3v) is 3.75. The molecule has 3 aromatic rings. The second-order valence-electron chi connectivity index (χ2n) is 5.31. The van der Waals surface area contributed by atoms with Crippen molar-refractivity contribution in [2.45, 2.75) is 6.04 Å². The average Bonchev–Trinajstić information content (AvgIpc) is 2.61. The Kier molecular flexibility index (Phi) is 4.52. The van der Waals surface area contributed by atoms with E-state index in [4.69, 9.17) is 5.73 Å². The fourth-order valence-electron chi connectivity index (χ4n) is 2.54. The maximum Gasteiger partial charge on any atom is 0.0470 e. The van der Waals surface area contributed by atoms with Crippen molar-refractivity contribution in [1.82, 2.24) is 0 Å². The number of rotatable bonds is 5. The molecule has 0 bridgehead atoms. The standard InChI is InChI=1S/C20H20N2/c21-19(17-11-5-2-6-12-17)15-22-20-14-8-7-13-18(20)16-9-3-1-4-10-16/h1-14,19,22H,15,21H2.